The van der Waals surface area contributed by atoms with Gasteiger partial charge in [0, 0.05) is 17.3 Å². The fourth-order valence-corrected chi connectivity index (χ4v) is 2.52. The number of phenols is 1. The number of aromatic nitrogens is 5. The molecule has 2 aromatic heterocycles. The van der Waals surface area contributed by atoms with E-state index in [-0.39, 0.29) is 5.75 Å². The number of aromatic hydroxyl groups is 1. The van der Waals surface area contributed by atoms with Crippen molar-refractivity contribution in [3.05, 3.63) is 48.3 Å². The van der Waals surface area contributed by atoms with Gasteiger partial charge in [0.1, 0.15) is 5.75 Å². The highest BCUT2D eigenvalue weighted by Crippen LogP contribution is 2.29. The van der Waals surface area contributed by atoms with Crippen molar-refractivity contribution in [2.75, 3.05) is 0 Å². The Morgan fingerprint density at radius 3 is 2.70 bits per heavy atom. The van der Waals surface area contributed by atoms with Crippen LogP contribution in [0.3, 0.4) is 0 Å². The van der Waals surface area contributed by atoms with Gasteiger partial charge in [-0.3, -0.25) is 4.98 Å². The van der Waals surface area contributed by atoms with Crippen LogP contribution in [0, 0.1) is 6.92 Å². The average molecular weight is 285 g/mol. The highest BCUT2D eigenvalue weighted by Gasteiger charge is 2.11. The first-order valence-corrected chi connectivity index (χ1v) is 6.72. The van der Waals surface area contributed by atoms with E-state index in [1.165, 1.54) is 11.8 Å². The lowest BCUT2D eigenvalue weighted by Gasteiger charge is -2.05. The van der Waals surface area contributed by atoms with E-state index >= 15 is 0 Å². The number of hydrogen-bond acceptors (Lipinski definition) is 6. The summed E-state index contributed by atoms with van der Waals surface area (Å²) < 4.78 is 1.63. The molecule has 0 bridgehead atoms. The van der Waals surface area contributed by atoms with Gasteiger partial charge in [0.2, 0.25) is 5.16 Å². The highest BCUT2D eigenvalue weighted by molar-refractivity contribution is 7.99. The van der Waals surface area contributed by atoms with E-state index in [2.05, 4.69) is 20.5 Å². The molecule has 0 unspecified atom stereocenters. The summed E-state index contributed by atoms with van der Waals surface area (Å²) in [7, 11) is 0. The maximum atomic E-state index is 9.32. The number of hydrogen-bond donors (Lipinski definition) is 1. The van der Waals surface area contributed by atoms with Crippen molar-refractivity contribution < 1.29 is 5.11 Å². The van der Waals surface area contributed by atoms with Crippen LogP contribution < -0.4 is 0 Å². The van der Waals surface area contributed by atoms with E-state index in [0.717, 1.165) is 16.1 Å². The molecule has 6 nitrogen and oxygen atoms in total. The fourth-order valence-electron chi connectivity index (χ4n) is 1.67. The topological polar surface area (TPSA) is 76.7 Å². The molecule has 0 amide bonds. The Morgan fingerprint density at radius 1 is 1.15 bits per heavy atom. The number of aryl methyl sites for hydroxylation is 1. The number of benzene rings is 1. The summed E-state index contributed by atoms with van der Waals surface area (Å²) in [6.45, 7) is 1.99. The molecule has 100 valence electrons. The second kappa shape index (κ2) is 5.30. The summed E-state index contributed by atoms with van der Waals surface area (Å²) in [4.78, 5) is 5.12. The van der Waals surface area contributed by atoms with E-state index in [1.54, 1.807) is 41.3 Å². The lowest BCUT2D eigenvalue weighted by atomic mass is 10.3. The van der Waals surface area contributed by atoms with Crippen molar-refractivity contribution >= 4 is 11.8 Å². The largest absolute Gasteiger partial charge is 0.508 e. The summed E-state index contributed by atoms with van der Waals surface area (Å²) in [5, 5.41) is 21.7. The lowest BCUT2D eigenvalue weighted by Crippen LogP contribution is -1.98. The van der Waals surface area contributed by atoms with Crippen LogP contribution in [0.1, 0.15) is 5.56 Å². The van der Waals surface area contributed by atoms with E-state index in [4.69, 9.17) is 0 Å². The smallest absolute Gasteiger partial charge is 0.218 e. The number of tetrazole rings is 1. The minimum atomic E-state index is 0.209. The Bertz CT molecular complexity index is 726. The maximum Gasteiger partial charge on any atom is 0.218 e. The predicted octanol–water partition coefficient (Wildman–Crippen LogP) is 2.22. The van der Waals surface area contributed by atoms with Gasteiger partial charge >= 0.3 is 0 Å². The van der Waals surface area contributed by atoms with Crippen molar-refractivity contribution in [3.63, 3.8) is 0 Å². The number of nitrogens with zero attached hydrogens (tertiary/aromatic N) is 5. The third-order valence-electron chi connectivity index (χ3n) is 2.71. The van der Waals surface area contributed by atoms with E-state index in [1.807, 2.05) is 13.0 Å². The van der Waals surface area contributed by atoms with Crippen LogP contribution in [0.4, 0.5) is 0 Å². The second-order valence-corrected chi connectivity index (χ2v) is 5.14. The Kier molecular flexibility index (Phi) is 3.34. The summed E-state index contributed by atoms with van der Waals surface area (Å²) in [5.74, 6) is 0.209. The minimum Gasteiger partial charge on any atom is -0.508 e. The van der Waals surface area contributed by atoms with Crippen LogP contribution in [0.5, 0.6) is 5.75 Å². The first-order chi connectivity index (χ1) is 9.74. The Hall–Kier alpha value is -2.41. The van der Waals surface area contributed by atoms with Gasteiger partial charge in [0.05, 0.1) is 5.69 Å². The molecule has 0 atom stereocenters. The summed E-state index contributed by atoms with van der Waals surface area (Å²) in [6.07, 6.45) is 3.54. The molecule has 0 aliphatic rings. The van der Waals surface area contributed by atoms with Gasteiger partial charge in [-0.1, -0.05) is 0 Å². The van der Waals surface area contributed by atoms with Gasteiger partial charge in [-0.05, 0) is 65.0 Å². The predicted molar refractivity (Wildman–Crippen MR) is 73.9 cm³/mol. The van der Waals surface area contributed by atoms with Crippen LogP contribution >= 0.6 is 11.8 Å². The van der Waals surface area contributed by atoms with Crippen LogP contribution in [0.25, 0.3) is 5.69 Å². The normalized spacial score (nSPS) is 10.7. The third-order valence-corrected chi connectivity index (χ3v) is 3.82. The molecule has 0 aliphatic heterocycles. The zero-order chi connectivity index (χ0) is 13.9. The first kappa shape index (κ1) is 12.6. The van der Waals surface area contributed by atoms with E-state index in [9.17, 15) is 5.11 Å². The van der Waals surface area contributed by atoms with Gasteiger partial charge in [0.15, 0.2) is 0 Å². The molecule has 3 aromatic rings. The fraction of sp³-hybridized carbons (Fsp3) is 0.0769. The molecule has 0 fully saturated rings. The molecule has 1 aromatic carbocycles. The standard InChI is InChI=1S/C13H11N5OS/c1-9-8-14-7-6-12(9)20-13-15-16-17-18(13)10-2-4-11(19)5-3-10/h2-8,19H,1H3. The molecule has 0 spiro atoms. The molecular weight excluding hydrogens is 274 g/mol. The average Bonchev–Trinajstić information content (AvgIpc) is 2.90. The van der Waals surface area contributed by atoms with Gasteiger partial charge in [-0.25, -0.2) is 0 Å². The molecular formula is C13H11N5OS. The number of pyridine rings is 1. The Morgan fingerprint density at radius 2 is 1.95 bits per heavy atom. The zero-order valence-corrected chi connectivity index (χ0v) is 11.4. The van der Waals surface area contributed by atoms with E-state index < -0.39 is 0 Å². The van der Waals surface area contributed by atoms with E-state index in [0.29, 0.717) is 5.16 Å². The maximum absolute atomic E-state index is 9.32. The lowest BCUT2D eigenvalue weighted by molar-refractivity contribution is 0.475. The van der Waals surface area contributed by atoms with Crippen molar-refractivity contribution in [1.82, 2.24) is 25.2 Å². The molecule has 20 heavy (non-hydrogen) atoms. The first-order valence-electron chi connectivity index (χ1n) is 5.90. The molecule has 0 aliphatic carbocycles. The van der Waals surface area contributed by atoms with Crippen LogP contribution in [0.15, 0.2) is 52.8 Å². The highest BCUT2D eigenvalue weighted by atomic mass is 32.2. The van der Waals surface area contributed by atoms with Crippen LogP contribution in [-0.2, 0) is 0 Å². The van der Waals surface area contributed by atoms with Gasteiger partial charge < -0.3 is 5.11 Å². The quantitative estimate of drug-likeness (QED) is 0.795. The van der Waals surface area contributed by atoms with Crippen molar-refractivity contribution in [1.29, 1.82) is 0 Å². The summed E-state index contributed by atoms with van der Waals surface area (Å²) in [5.41, 5.74) is 1.86. The van der Waals surface area contributed by atoms with Gasteiger partial charge in [-0.15, -0.1) is 5.10 Å². The monoisotopic (exact) mass is 285 g/mol. The van der Waals surface area contributed by atoms with Crippen LogP contribution in [0.2, 0.25) is 0 Å². The summed E-state index contributed by atoms with van der Waals surface area (Å²) in [6, 6.07) is 8.65. The van der Waals surface area contributed by atoms with Gasteiger partial charge in [0.25, 0.3) is 0 Å². The van der Waals surface area contributed by atoms with Crippen LogP contribution in [-0.4, -0.2) is 30.3 Å². The zero-order valence-electron chi connectivity index (χ0n) is 10.6. The van der Waals surface area contributed by atoms with Gasteiger partial charge in [-0.2, -0.15) is 4.68 Å². The van der Waals surface area contributed by atoms with Crippen molar-refractivity contribution in [2.45, 2.75) is 17.0 Å². The molecule has 0 saturated heterocycles. The molecule has 0 saturated carbocycles. The second-order valence-electron chi connectivity index (χ2n) is 4.13. The molecule has 7 heteroatoms. The van der Waals surface area contributed by atoms with Crippen molar-refractivity contribution in [2.24, 2.45) is 0 Å². The Balaban J connectivity index is 1.95. The number of phenolic OH excluding ortho intramolecular Hbond substituents is 1. The van der Waals surface area contributed by atoms with Crippen molar-refractivity contribution in [3.8, 4) is 11.4 Å². The molecule has 2 heterocycles. The molecule has 0 radical (unpaired) electrons. The Labute approximate surface area is 119 Å². The molecule has 3 rings (SSSR count). The SMILES string of the molecule is Cc1cnccc1Sc1nnnn1-c1ccc(O)cc1. The third kappa shape index (κ3) is 2.48. The minimum absolute atomic E-state index is 0.209. The molecule has 1 N–H and O–H groups in total. The number of rotatable bonds is 3. The summed E-state index contributed by atoms with van der Waals surface area (Å²) >= 11 is 1.47.